The highest BCUT2D eigenvalue weighted by atomic mass is 16.2. The van der Waals surface area contributed by atoms with Crippen molar-refractivity contribution in [1.29, 1.82) is 0 Å². The summed E-state index contributed by atoms with van der Waals surface area (Å²) in [6.07, 6.45) is 7.86. The normalized spacial score (nSPS) is 18.4. The smallest absolute Gasteiger partial charge is 0.257 e. The second kappa shape index (κ2) is 7.42. The molecule has 0 atom stereocenters. The van der Waals surface area contributed by atoms with Gasteiger partial charge in [0.1, 0.15) is 11.6 Å². The van der Waals surface area contributed by atoms with Crippen molar-refractivity contribution in [2.75, 3.05) is 27.2 Å². The van der Waals surface area contributed by atoms with E-state index in [0.29, 0.717) is 17.5 Å². The van der Waals surface area contributed by atoms with E-state index in [0.717, 1.165) is 50.7 Å². The summed E-state index contributed by atoms with van der Waals surface area (Å²) in [6, 6.07) is 0.574. The fraction of sp³-hybridized carbons (Fsp3) is 0.684. The van der Waals surface area contributed by atoms with Crippen LogP contribution >= 0.6 is 0 Å². The fourth-order valence-electron chi connectivity index (χ4n) is 3.91. The van der Waals surface area contributed by atoms with Crippen molar-refractivity contribution in [3.05, 3.63) is 29.6 Å². The maximum atomic E-state index is 12.7. The van der Waals surface area contributed by atoms with Crippen LogP contribution in [-0.2, 0) is 13.1 Å². The Morgan fingerprint density at radius 2 is 1.93 bits per heavy atom. The molecule has 27 heavy (non-hydrogen) atoms. The van der Waals surface area contributed by atoms with E-state index in [-0.39, 0.29) is 5.91 Å². The molecule has 8 nitrogen and oxygen atoms in total. The van der Waals surface area contributed by atoms with Crippen LogP contribution in [0.2, 0.25) is 0 Å². The van der Waals surface area contributed by atoms with Gasteiger partial charge in [-0.25, -0.2) is 0 Å². The number of likely N-dealkylation sites (tertiary alicyclic amines) is 1. The Balaban J connectivity index is 1.43. The lowest BCUT2D eigenvalue weighted by atomic mass is 9.95. The molecule has 0 N–H and O–H groups in total. The van der Waals surface area contributed by atoms with E-state index in [2.05, 4.69) is 38.9 Å². The van der Waals surface area contributed by atoms with Gasteiger partial charge in [-0.15, -0.1) is 10.2 Å². The quantitative estimate of drug-likeness (QED) is 0.776. The Labute approximate surface area is 160 Å². The van der Waals surface area contributed by atoms with E-state index < -0.39 is 0 Å². The molecule has 2 aromatic heterocycles. The Morgan fingerprint density at radius 3 is 2.52 bits per heavy atom. The van der Waals surface area contributed by atoms with Crippen molar-refractivity contribution in [2.24, 2.45) is 0 Å². The highest BCUT2D eigenvalue weighted by Gasteiger charge is 2.34. The van der Waals surface area contributed by atoms with Crippen LogP contribution in [0.5, 0.6) is 0 Å². The Morgan fingerprint density at radius 1 is 1.19 bits per heavy atom. The molecule has 146 valence electrons. The molecule has 2 fully saturated rings. The predicted octanol–water partition coefficient (Wildman–Crippen LogP) is 1.91. The van der Waals surface area contributed by atoms with Gasteiger partial charge in [0.15, 0.2) is 0 Å². The fourth-order valence-corrected chi connectivity index (χ4v) is 3.91. The molecule has 0 unspecified atom stereocenters. The molecule has 2 aromatic rings. The zero-order valence-electron chi connectivity index (χ0n) is 16.5. The van der Waals surface area contributed by atoms with Gasteiger partial charge < -0.3 is 14.4 Å². The first-order valence-corrected chi connectivity index (χ1v) is 9.97. The topological polar surface area (TPSA) is 72.1 Å². The number of nitrogens with zero attached hydrogens (tertiary/aromatic N) is 7. The second-order valence-corrected chi connectivity index (χ2v) is 7.96. The van der Waals surface area contributed by atoms with Crippen molar-refractivity contribution < 1.29 is 4.79 Å². The van der Waals surface area contributed by atoms with Crippen LogP contribution in [0.15, 0.2) is 12.4 Å². The molecule has 1 amide bonds. The lowest BCUT2D eigenvalue weighted by Crippen LogP contribution is -2.38. The maximum absolute atomic E-state index is 12.7. The van der Waals surface area contributed by atoms with Crippen LogP contribution in [0.25, 0.3) is 0 Å². The second-order valence-electron chi connectivity index (χ2n) is 7.96. The maximum Gasteiger partial charge on any atom is 0.257 e. The van der Waals surface area contributed by atoms with Crippen molar-refractivity contribution in [3.63, 3.8) is 0 Å². The van der Waals surface area contributed by atoms with Gasteiger partial charge in [0.05, 0.1) is 18.3 Å². The number of hydrogen-bond donors (Lipinski definition) is 0. The SMILES string of the molecule is CCn1cc(C(=O)N2CCC(c3nnc(CN(C)C)n3C3CC3)CC2)cn1. The number of aromatic nitrogens is 5. The first kappa shape index (κ1) is 18.2. The van der Waals surface area contributed by atoms with Gasteiger partial charge in [-0.05, 0) is 46.7 Å². The highest BCUT2D eigenvalue weighted by molar-refractivity contribution is 5.93. The van der Waals surface area contributed by atoms with Gasteiger partial charge in [0.25, 0.3) is 5.91 Å². The third-order valence-electron chi connectivity index (χ3n) is 5.51. The summed E-state index contributed by atoms with van der Waals surface area (Å²) < 4.78 is 4.18. The number of carbonyl (C=O) groups excluding carboxylic acids is 1. The lowest BCUT2D eigenvalue weighted by molar-refractivity contribution is 0.0710. The van der Waals surface area contributed by atoms with Gasteiger partial charge in [-0.1, -0.05) is 0 Å². The monoisotopic (exact) mass is 371 g/mol. The predicted molar refractivity (Wildman–Crippen MR) is 101 cm³/mol. The summed E-state index contributed by atoms with van der Waals surface area (Å²) in [7, 11) is 4.13. The minimum absolute atomic E-state index is 0.0881. The van der Waals surface area contributed by atoms with Crippen molar-refractivity contribution in [1.82, 2.24) is 34.3 Å². The summed E-state index contributed by atoms with van der Waals surface area (Å²) in [5, 5.41) is 13.3. The van der Waals surface area contributed by atoms with Gasteiger partial charge in [0.2, 0.25) is 0 Å². The summed E-state index contributed by atoms with van der Waals surface area (Å²) in [4.78, 5) is 16.8. The van der Waals surface area contributed by atoms with E-state index in [1.54, 1.807) is 10.9 Å². The van der Waals surface area contributed by atoms with Crippen LogP contribution < -0.4 is 0 Å². The molecule has 0 radical (unpaired) electrons. The van der Waals surface area contributed by atoms with Crippen LogP contribution in [0.1, 0.15) is 66.6 Å². The summed E-state index contributed by atoms with van der Waals surface area (Å²) >= 11 is 0. The minimum atomic E-state index is 0.0881. The average molecular weight is 371 g/mol. The van der Waals surface area contributed by atoms with Gasteiger partial charge in [-0.2, -0.15) is 5.10 Å². The first-order chi connectivity index (χ1) is 13.1. The molecule has 1 aliphatic carbocycles. The Kier molecular flexibility index (Phi) is 4.99. The molecular weight excluding hydrogens is 342 g/mol. The van der Waals surface area contributed by atoms with Crippen molar-refractivity contribution >= 4 is 5.91 Å². The van der Waals surface area contributed by atoms with E-state index in [4.69, 9.17) is 0 Å². The van der Waals surface area contributed by atoms with Gasteiger partial charge in [0, 0.05) is 37.8 Å². The molecule has 0 spiro atoms. The number of carbonyl (C=O) groups is 1. The first-order valence-electron chi connectivity index (χ1n) is 9.97. The average Bonchev–Trinajstić information content (AvgIpc) is 3.24. The van der Waals surface area contributed by atoms with E-state index in [1.165, 1.54) is 12.8 Å². The molecule has 4 rings (SSSR count). The van der Waals surface area contributed by atoms with Crippen LogP contribution in [0.3, 0.4) is 0 Å². The van der Waals surface area contributed by atoms with E-state index in [1.807, 2.05) is 18.0 Å². The number of rotatable bonds is 6. The van der Waals surface area contributed by atoms with Crippen molar-refractivity contribution in [2.45, 2.75) is 57.7 Å². The third-order valence-corrected chi connectivity index (χ3v) is 5.51. The van der Waals surface area contributed by atoms with E-state index in [9.17, 15) is 4.79 Å². The zero-order chi connectivity index (χ0) is 19.0. The number of amides is 1. The standard InChI is InChI=1S/C19H29N7O/c1-4-25-12-15(11-20-25)19(27)24-9-7-14(8-10-24)18-22-21-17(13-23(2)3)26(18)16-5-6-16/h11-12,14,16H,4-10,13H2,1-3H3. The highest BCUT2D eigenvalue weighted by Crippen LogP contribution is 2.40. The molecule has 2 aliphatic rings. The van der Waals surface area contributed by atoms with Crippen LogP contribution in [-0.4, -0.2) is 67.4 Å². The molecule has 1 saturated heterocycles. The number of hydrogen-bond acceptors (Lipinski definition) is 5. The molecule has 3 heterocycles. The number of aryl methyl sites for hydroxylation is 1. The molecule has 1 saturated carbocycles. The molecule has 0 bridgehead atoms. The Hall–Kier alpha value is -2.22. The summed E-state index contributed by atoms with van der Waals surface area (Å²) in [6.45, 7) is 5.15. The number of piperidine rings is 1. The van der Waals surface area contributed by atoms with E-state index >= 15 is 0 Å². The van der Waals surface area contributed by atoms with Gasteiger partial charge >= 0.3 is 0 Å². The van der Waals surface area contributed by atoms with Crippen LogP contribution in [0, 0.1) is 0 Å². The third kappa shape index (κ3) is 3.76. The molecular formula is C19H29N7O. The summed E-state index contributed by atoms with van der Waals surface area (Å²) in [5.41, 5.74) is 0.685. The Bertz CT molecular complexity index is 797. The molecule has 1 aliphatic heterocycles. The van der Waals surface area contributed by atoms with Crippen molar-refractivity contribution in [3.8, 4) is 0 Å². The molecule has 8 heteroatoms. The minimum Gasteiger partial charge on any atom is -0.339 e. The zero-order valence-corrected chi connectivity index (χ0v) is 16.5. The van der Waals surface area contributed by atoms with Gasteiger partial charge in [-0.3, -0.25) is 9.48 Å². The largest absolute Gasteiger partial charge is 0.339 e. The lowest BCUT2D eigenvalue weighted by Gasteiger charge is -2.31. The summed E-state index contributed by atoms with van der Waals surface area (Å²) in [5.74, 6) is 2.67. The molecule has 0 aromatic carbocycles. The van der Waals surface area contributed by atoms with Crippen LogP contribution in [0.4, 0.5) is 0 Å².